The molecule has 1 aliphatic heterocycles. The molecule has 0 saturated carbocycles. The lowest BCUT2D eigenvalue weighted by molar-refractivity contribution is 0.0303. The Morgan fingerprint density at radius 1 is 1.30 bits per heavy atom. The molecule has 3 rings (SSSR count). The fraction of sp³-hybridized carbons (Fsp3) is 0.545. The first-order valence-electron chi connectivity index (χ1n) is 6.19. The highest BCUT2D eigenvalue weighted by molar-refractivity contribution is 7.98. The van der Waals surface area contributed by atoms with Gasteiger partial charge in [-0.3, -0.25) is 5.10 Å². The standard InChI is InChI=1S/C11H16N6O2S/c1-20-2-4-9(18)10(19)7(15-4)6-5-8(17-16-6)11(12)14-3-13-5/h3-4,7,9-10,15,18-19H,2H2,1H3,(H,16,17)(H2,12,13,14)/t4-,7+,9-,10+/m1/s1. The largest absolute Gasteiger partial charge is 0.389 e. The van der Waals surface area contributed by atoms with Crippen LogP contribution in [0.1, 0.15) is 11.7 Å². The van der Waals surface area contributed by atoms with E-state index in [9.17, 15) is 10.2 Å². The minimum absolute atomic E-state index is 0.178. The van der Waals surface area contributed by atoms with Crippen molar-refractivity contribution >= 4 is 28.6 Å². The van der Waals surface area contributed by atoms with Gasteiger partial charge in [-0.25, -0.2) is 9.97 Å². The maximum atomic E-state index is 10.2. The zero-order valence-corrected chi connectivity index (χ0v) is 11.6. The molecule has 1 fully saturated rings. The van der Waals surface area contributed by atoms with Gasteiger partial charge in [-0.1, -0.05) is 0 Å². The lowest BCUT2D eigenvalue weighted by Crippen LogP contribution is -2.34. The maximum Gasteiger partial charge on any atom is 0.155 e. The summed E-state index contributed by atoms with van der Waals surface area (Å²) in [7, 11) is 0. The molecule has 0 radical (unpaired) electrons. The molecule has 20 heavy (non-hydrogen) atoms. The zero-order valence-electron chi connectivity index (χ0n) is 10.8. The van der Waals surface area contributed by atoms with E-state index in [1.54, 1.807) is 11.8 Å². The Hall–Kier alpha value is -1.42. The number of hydrogen-bond donors (Lipinski definition) is 5. The second-order valence-electron chi connectivity index (χ2n) is 4.78. The first kappa shape index (κ1) is 13.6. The van der Waals surface area contributed by atoms with Crippen LogP contribution in [-0.4, -0.2) is 60.6 Å². The molecule has 0 aromatic carbocycles. The monoisotopic (exact) mass is 296 g/mol. The fourth-order valence-corrected chi connectivity index (χ4v) is 3.18. The number of fused-ring (bicyclic) bond motifs is 1. The van der Waals surface area contributed by atoms with E-state index < -0.39 is 18.2 Å². The number of anilines is 1. The summed E-state index contributed by atoms with van der Waals surface area (Å²) in [5.74, 6) is 0.990. The van der Waals surface area contributed by atoms with Gasteiger partial charge in [-0.2, -0.15) is 16.9 Å². The molecule has 1 aliphatic rings. The van der Waals surface area contributed by atoms with Gasteiger partial charge in [0, 0.05) is 11.8 Å². The average molecular weight is 296 g/mol. The van der Waals surface area contributed by atoms with E-state index in [1.165, 1.54) is 6.33 Å². The van der Waals surface area contributed by atoms with Crippen LogP contribution in [0.2, 0.25) is 0 Å². The van der Waals surface area contributed by atoms with Gasteiger partial charge >= 0.3 is 0 Å². The number of aromatic nitrogens is 4. The van der Waals surface area contributed by atoms with Crippen LogP contribution in [0, 0.1) is 0 Å². The predicted molar refractivity (Wildman–Crippen MR) is 76.2 cm³/mol. The van der Waals surface area contributed by atoms with Gasteiger partial charge in [0.2, 0.25) is 0 Å². The SMILES string of the molecule is CSC[C@H]1N[C@@H](c2[nH]nc3c(N)ncnc23)[C@H](O)[C@@H]1O. The van der Waals surface area contributed by atoms with E-state index in [2.05, 4.69) is 25.5 Å². The number of rotatable bonds is 3. The number of thioether (sulfide) groups is 1. The topological polar surface area (TPSA) is 133 Å². The molecule has 2 aromatic heterocycles. The van der Waals surface area contributed by atoms with Gasteiger partial charge in [0.15, 0.2) is 11.3 Å². The fourth-order valence-electron chi connectivity index (χ4n) is 2.53. The van der Waals surface area contributed by atoms with Gasteiger partial charge in [0.1, 0.15) is 17.9 Å². The molecule has 6 N–H and O–H groups in total. The summed E-state index contributed by atoms with van der Waals surface area (Å²) >= 11 is 1.60. The Kier molecular flexibility index (Phi) is 3.50. The van der Waals surface area contributed by atoms with Crippen LogP contribution in [0.15, 0.2) is 6.33 Å². The number of nitrogens with two attached hydrogens (primary N) is 1. The average Bonchev–Trinajstić information content (AvgIpc) is 2.97. The van der Waals surface area contributed by atoms with Crippen molar-refractivity contribution in [1.82, 2.24) is 25.5 Å². The van der Waals surface area contributed by atoms with Crippen molar-refractivity contribution in [1.29, 1.82) is 0 Å². The third-order valence-electron chi connectivity index (χ3n) is 3.55. The molecule has 2 aromatic rings. The molecule has 4 atom stereocenters. The maximum absolute atomic E-state index is 10.2. The molecule has 108 valence electrons. The van der Waals surface area contributed by atoms with Crippen LogP contribution in [0.4, 0.5) is 5.82 Å². The molecule has 3 heterocycles. The third kappa shape index (κ3) is 2.03. The number of aromatic amines is 1. The van der Waals surface area contributed by atoms with Gasteiger partial charge in [0.05, 0.1) is 17.8 Å². The van der Waals surface area contributed by atoms with E-state index in [4.69, 9.17) is 5.73 Å². The van der Waals surface area contributed by atoms with Crippen molar-refractivity contribution in [2.45, 2.75) is 24.3 Å². The Balaban J connectivity index is 1.97. The third-order valence-corrected chi connectivity index (χ3v) is 4.24. The van der Waals surface area contributed by atoms with E-state index in [-0.39, 0.29) is 11.9 Å². The quantitative estimate of drug-likeness (QED) is 0.489. The highest BCUT2D eigenvalue weighted by Crippen LogP contribution is 2.31. The highest BCUT2D eigenvalue weighted by Gasteiger charge is 2.43. The van der Waals surface area contributed by atoms with Crippen LogP contribution in [0.3, 0.4) is 0 Å². The van der Waals surface area contributed by atoms with E-state index in [0.29, 0.717) is 22.5 Å². The van der Waals surface area contributed by atoms with Crippen molar-refractivity contribution in [3.05, 3.63) is 12.0 Å². The Morgan fingerprint density at radius 2 is 2.10 bits per heavy atom. The molecule has 1 saturated heterocycles. The number of H-pyrrole nitrogens is 1. The van der Waals surface area contributed by atoms with Crippen molar-refractivity contribution in [2.75, 3.05) is 17.7 Å². The molecule has 0 amide bonds. The predicted octanol–water partition coefficient (Wildman–Crippen LogP) is -0.967. The van der Waals surface area contributed by atoms with Crippen molar-refractivity contribution in [3.8, 4) is 0 Å². The molecule has 0 bridgehead atoms. The molecule has 0 aliphatic carbocycles. The summed E-state index contributed by atoms with van der Waals surface area (Å²) in [6.07, 6.45) is 1.55. The molecule has 0 spiro atoms. The van der Waals surface area contributed by atoms with Crippen molar-refractivity contribution < 1.29 is 10.2 Å². The number of nitrogens with one attached hydrogen (secondary N) is 2. The molecule has 0 unspecified atom stereocenters. The van der Waals surface area contributed by atoms with Crippen LogP contribution in [0.25, 0.3) is 11.0 Å². The Morgan fingerprint density at radius 3 is 2.85 bits per heavy atom. The summed E-state index contributed by atoms with van der Waals surface area (Å²) in [4.78, 5) is 8.03. The van der Waals surface area contributed by atoms with Crippen LogP contribution >= 0.6 is 11.8 Å². The number of nitrogen functional groups attached to an aromatic ring is 1. The summed E-state index contributed by atoms with van der Waals surface area (Å²) < 4.78 is 0. The summed E-state index contributed by atoms with van der Waals surface area (Å²) in [5, 5.41) is 30.4. The van der Waals surface area contributed by atoms with Gasteiger partial charge in [0.25, 0.3) is 0 Å². The summed E-state index contributed by atoms with van der Waals surface area (Å²) in [5.41, 5.74) is 7.38. The lowest BCUT2D eigenvalue weighted by atomic mass is 10.1. The van der Waals surface area contributed by atoms with Crippen LogP contribution in [0.5, 0.6) is 0 Å². The van der Waals surface area contributed by atoms with Crippen molar-refractivity contribution in [2.24, 2.45) is 0 Å². The lowest BCUT2D eigenvalue weighted by Gasteiger charge is -2.14. The number of aliphatic hydroxyl groups excluding tert-OH is 2. The van der Waals surface area contributed by atoms with Crippen LogP contribution in [-0.2, 0) is 0 Å². The normalized spacial score (nSPS) is 30.1. The van der Waals surface area contributed by atoms with E-state index in [0.717, 1.165) is 0 Å². The molecule has 9 heteroatoms. The van der Waals surface area contributed by atoms with E-state index in [1.807, 2.05) is 6.26 Å². The minimum atomic E-state index is -0.924. The zero-order chi connectivity index (χ0) is 14.3. The highest BCUT2D eigenvalue weighted by atomic mass is 32.2. The second kappa shape index (κ2) is 5.17. The van der Waals surface area contributed by atoms with E-state index >= 15 is 0 Å². The number of aliphatic hydroxyl groups is 2. The second-order valence-corrected chi connectivity index (χ2v) is 5.69. The molecular weight excluding hydrogens is 280 g/mol. The summed E-state index contributed by atoms with van der Waals surface area (Å²) in [6, 6.07) is -0.635. The van der Waals surface area contributed by atoms with Gasteiger partial charge in [-0.15, -0.1) is 0 Å². The Labute approximate surface area is 119 Å². The smallest absolute Gasteiger partial charge is 0.155 e. The van der Waals surface area contributed by atoms with Crippen molar-refractivity contribution in [3.63, 3.8) is 0 Å². The number of hydrogen-bond acceptors (Lipinski definition) is 8. The first-order valence-corrected chi connectivity index (χ1v) is 7.58. The molecular formula is C11H16N6O2S. The minimum Gasteiger partial charge on any atom is -0.389 e. The first-order chi connectivity index (χ1) is 9.63. The Bertz CT molecular complexity index is 620. The van der Waals surface area contributed by atoms with Crippen LogP contribution < -0.4 is 11.1 Å². The summed E-state index contributed by atoms with van der Waals surface area (Å²) in [6.45, 7) is 0. The van der Waals surface area contributed by atoms with Gasteiger partial charge < -0.3 is 21.3 Å². The molecule has 8 nitrogen and oxygen atoms in total. The van der Waals surface area contributed by atoms with Gasteiger partial charge in [-0.05, 0) is 6.26 Å². The number of nitrogens with zero attached hydrogens (tertiary/aromatic N) is 3.